The molecule has 1 aliphatic rings. The first kappa shape index (κ1) is 17.2. The summed E-state index contributed by atoms with van der Waals surface area (Å²) in [6.45, 7) is 4.24. The van der Waals surface area contributed by atoms with E-state index in [0.29, 0.717) is 17.6 Å². The van der Waals surface area contributed by atoms with Gasteiger partial charge in [0.1, 0.15) is 0 Å². The molecule has 3 rings (SSSR count). The van der Waals surface area contributed by atoms with E-state index in [1.54, 1.807) is 6.92 Å². The van der Waals surface area contributed by atoms with Crippen LogP contribution in [0.2, 0.25) is 0 Å². The van der Waals surface area contributed by atoms with Gasteiger partial charge in [0.25, 0.3) is 0 Å². The molecule has 0 spiro atoms. The Kier molecular flexibility index (Phi) is 5.19. The molecular formula is C19H22N2O4. The van der Waals surface area contributed by atoms with Crippen LogP contribution in [0.4, 0.5) is 0 Å². The molecule has 1 aromatic heterocycles. The van der Waals surface area contributed by atoms with E-state index < -0.39 is 11.8 Å². The fraction of sp³-hybridized carbons (Fsp3) is 0.368. The van der Waals surface area contributed by atoms with Gasteiger partial charge >= 0.3 is 11.8 Å². The minimum atomic E-state index is -0.641. The number of ether oxygens (including phenoxy) is 1. The van der Waals surface area contributed by atoms with Crippen molar-refractivity contribution in [2.75, 3.05) is 19.7 Å². The summed E-state index contributed by atoms with van der Waals surface area (Å²) >= 11 is 0. The molecule has 2 heterocycles. The van der Waals surface area contributed by atoms with Crippen molar-refractivity contribution in [1.29, 1.82) is 0 Å². The quantitative estimate of drug-likeness (QED) is 0.521. The molecule has 0 saturated carbocycles. The summed E-state index contributed by atoms with van der Waals surface area (Å²) in [7, 11) is 0. The summed E-state index contributed by atoms with van der Waals surface area (Å²) in [5, 5.41) is 22.0. The molecule has 6 nitrogen and oxygen atoms in total. The number of pyridine rings is 1. The van der Waals surface area contributed by atoms with Crippen molar-refractivity contribution in [3.05, 3.63) is 64.0 Å². The summed E-state index contributed by atoms with van der Waals surface area (Å²) in [6.07, 6.45) is 2.61. The fourth-order valence-corrected chi connectivity index (χ4v) is 3.27. The van der Waals surface area contributed by atoms with E-state index in [4.69, 9.17) is 4.74 Å². The molecule has 2 aromatic rings. The van der Waals surface area contributed by atoms with Crippen LogP contribution >= 0.6 is 0 Å². The Labute approximate surface area is 146 Å². The summed E-state index contributed by atoms with van der Waals surface area (Å²) in [5.41, 5.74) is 2.75. The lowest BCUT2D eigenvalue weighted by atomic mass is 9.99. The Morgan fingerprint density at radius 3 is 2.72 bits per heavy atom. The first-order valence-corrected chi connectivity index (χ1v) is 8.50. The van der Waals surface area contributed by atoms with Crippen molar-refractivity contribution >= 4 is 5.97 Å². The average molecular weight is 342 g/mol. The van der Waals surface area contributed by atoms with Crippen LogP contribution in [-0.4, -0.2) is 35.7 Å². The van der Waals surface area contributed by atoms with Crippen LogP contribution in [0.3, 0.4) is 0 Å². The highest BCUT2D eigenvalue weighted by Crippen LogP contribution is 2.25. The predicted octanol–water partition coefficient (Wildman–Crippen LogP) is 1.80. The molecule has 1 N–H and O–H groups in total. The first-order valence-electron chi connectivity index (χ1n) is 8.50. The van der Waals surface area contributed by atoms with E-state index in [1.165, 1.54) is 11.8 Å². The molecule has 132 valence electrons. The minimum Gasteiger partial charge on any atom is -0.616 e. The lowest BCUT2D eigenvalue weighted by Crippen LogP contribution is -2.30. The van der Waals surface area contributed by atoms with Crippen LogP contribution in [0.5, 0.6) is 5.88 Å². The molecular weight excluding hydrogens is 320 g/mol. The van der Waals surface area contributed by atoms with Crippen molar-refractivity contribution in [2.45, 2.75) is 26.3 Å². The zero-order valence-electron chi connectivity index (χ0n) is 14.3. The third-order valence-electron chi connectivity index (χ3n) is 4.50. The van der Waals surface area contributed by atoms with E-state index in [2.05, 4.69) is 17.0 Å². The highest BCUT2D eigenvalue weighted by Gasteiger charge is 2.30. The van der Waals surface area contributed by atoms with Crippen LogP contribution in [-0.2, 0) is 24.1 Å². The van der Waals surface area contributed by atoms with Crippen LogP contribution in [0.1, 0.15) is 34.0 Å². The summed E-state index contributed by atoms with van der Waals surface area (Å²) < 4.78 is 5.39. The van der Waals surface area contributed by atoms with E-state index in [1.807, 2.05) is 18.2 Å². The van der Waals surface area contributed by atoms with Gasteiger partial charge < -0.3 is 15.1 Å². The molecule has 0 fully saturated rings. The van der Waals surface area contributed by atoms with Crippen LogP contribution in [0.25, 0.3) is 0 Å². The van der Waals surface area contributed by atoms with Gasteiger partial charge in [-0.05, 0) is 30.9 Å². The predicted molar refractivity (Wildman–Crippen MR) is 92.2 cm³/mol. The number of benzene rings is 1. The molecule has 6 heteroatoms. The third-order valence-corrected chi connectivity index (χ3v) is 4.50. The zero-order valence-corrected chi connectivity index (χ0v) is 14.3. The second-order valence-corrected chi connectivity index (χ2v) is 6.14. The number of hydrogen-bond donors (Lipinski definition) is 1. The lowest BCUT2D eigenvalue weighted by molar-refractivity contribution is -0.614. The van der Waals surface area contributed by atoms with Gasteiger partial charge in [0.2, 0.25) is 0 Å². The second kappa shape index (κ2) is 7.53. The van der Waals surface area contributed by atoms with Crippen molar-refractivity contribution < 1.29 is 19.4 Å². The number of carbonyl (C=O) groups is 1. The van der Waals surface area contributed by atoms with Crippen molar-refractivity contribution in [3.63, 3.8) is 0 Å². The lowest BCUT2D eigenvalue weighted by Gasteiger charge is -2.19. The van der Waals surface area contributed by atoms with Gasteiger partial charge in [0, 0.05) is 25.2 Å². The highest BCUT2D eigenvalue weighted by atomic mass is 16.5. The first-order chi connectivity index (χ1) is 12.1. The van der Waals surface area contributed by atoms with Gasteiger partial charge in [0.05, 0.1) is 6.61 Å². The molecule has 25 heavy (non-hydrogen) atoms. The summed E-state index contributed by atoms with van der Waals surface area (Å²) in [4.78, 5) is 14.5. The number of aromatic hydroxyl groups is 1. The molecule has 0 bridgehead atoms. The van der Waals surface area contributed by atoms with E-state index in [0.717, 1.165) is 30.8 Å². The standard InChI is InChI=1S/C19H22N2O4/c1-2-25-19(23)17-16-9-11-20(12-14-6-4-3-5-7-14)10-8-15(16)13-21(24)18(17)22/h3-7,13,22H,2,8-12H2,1H3. The molecule has 1 aliphatic heterocycles. The second-order valence-electron chi connectivity index (χ2n) is 6.14. The average Bonchev–Trinajstić information content (AvgIpc) is 2.80. The van der Waals surface area contributed by atoms with E-state index >= 15 is 0 Å². The van der Waals surface area contributed by atoms with Crippen molar-refractivity contribution in [3.8, 4) is 5.88 Å². The third kappa shape index (κ3) is 3.74. The van der Waals surface area contributed by atoms with Gasteiger partial charge in [0.15, 0.2) is 11.8 Å². The van der Waals surface area contributed by atoms with Gasteiger partial charge in [-0.3, -0.25) is 4.90 Å². The maximum Gasteiger partial charge on any atom is 0.392 e. The Morgan fingerprint density at radius 1 is 1.28 bits per heavy atom. The number of hydrogen-bond acceptors (Lipinski definition) is 5. The van der Waals surface area contributed by atoms with Crippen molar-refractivity contribution in [1.82, 2.24) is 4.90 Å². The van der Waals surface area contributed by atoms with Gasteiger partial charge in [-0.15, -0.1) is 4.73 Å². The molecule has 0 radical (unpaired) electrons. The number of esters is 1. The Balaban J connectivity index is 1.85. The van der Waals surface area contributed by atoms with Crippen LogP contribution in [0, 0.1) is 5.21 Å². The SMILES string of the molecule is CCOC(=O)c1c2c(c[n+]([O-])c1O)CCN(Cc1ccccc1)CC2. The fourth-order valence-electron chi connectivity index (χ4n) is 3.27. The highest BCUT2D eigenvalue weighted by molar-refractivity contribution is 5.93. The zero-order chi connectivity index (χ0) is 17.8. The van der Waals surface area contributed by atoms with Crippen LogP contribution < -0.4 is 4.73 Å². The molecule has 0 aliphatic carbocycles. The monoisotopic (exact) mass is 342 g/mol. The molecule has 0 unspecified atom stereocenters. The number of nitrogens with zero attached hydrogens (tertiary/aromatic N) is 2. The maximum atomic E-state index is 12.2. The Hall–Kier alpha value is -2.60. The number of aromatic nitrogens is 1. The number of rotatable bonds is 4. The topological polar surface area (TPSA) is 76.7 Å². The summed E-state index contributed by atoms with van der Waals surface area (Å²) in [5.74, 6) is -1.22. The Morgan fingerprint density at radius 2 is 2.00 bits per heavy atom. The summed E-state index contributed by atoms with van der Waals surface area (Å²) in [6, 6.07) is 10.2. The van der Waals surface area contributed by atoms with E-state index in [9.17, 15) is 15.1 Å². The number of fused-ring (bicyclic) bond motifs is 1. The van der Waals surface area contributed by atoms with Gasteiger partial charge in [-0.1, -0.05) is 30.3 Å². The number of carbonyl (C=O) groups excluding carboxylic acids is 1. The molecule has 0 saturated heterocycles. The Bertz CT molecular complexity index is 762. The van der Waals surface area contributed by atoms with Crippen molar-refractivity contribution in [2.24, 2.45) is 0 Å². The molecule has 0 amide bonds. The van der Waals surface area contributed by atoms with Gasteiger partial charge in [-0.25, -0.2) is 4.79 Å². The van der Waals surface area contributed by atoms with E-state index in [-0.39, 0.29) is 12.2 Å². The maximum absolute atomic E-state index is 12.2. The minimum absolute atomic E-state index is 0.0101. The van der Waals surface area contributed by atoms with Crippen LogP contribution in [0.15, 0.2) is 36.5 Å². The van der Waals surface area contributed by atoms with Gasteiger partial charge in [-0.2, -0.15) is 0 Å². The normalized spacial score (nSPS) is 14.6. The smallest absolute Gasteiger partial charge is 0.392 e. The molecule has 1 aromatic carbocycles. The largest absolute Gasteiger partial charge is 0.616 e. The molecule has 0 atom stereocenters.